The molecule has 14 heavy (non-hydrogen) atoms. The van der Waals surface area contributed by atoms with Crippen LogP contribution >= 0.6 is 23.4 Å². The van der Waals surface area contributed by atoms with Crippen molar-refractivity contribution >= 4 is 29.3 Å². The number of carbonyl (C=O) groups is 1. The van der Waals surface area contributed by atoms with Gasteiger partial charge in [0.1, 0.15) is 4.75 Å². The zero-order valence-electron chi connectivity index (χ0n) is 7.37. The largest absolute Gasteiger partial charge is 0.480 e. The van der Waals surface area contributed by atoms with Crippen LogP contribution in [0, 0.1) is 0 Å². The van der Waals surface area contributed by atoms with Crippen LogP contribution in [0.15, 0.2) is 29.2 Å². The summed E-state index contributed by atoms with van der Waals surface area (Å²) in [5.41, 5.74) is 0. The molecule has 1 aliphatic rings. The molecule has 4 heteroatoms. The fourth-order valence-corrected chi connectivity index (χ4v) is 2.44. The molecule has 0 unspecified atom stereocenters. The summed E-state index contributed by atoms with van der Waals surface area (Å²) in [6, 6.07) is 7.27. The van der Waals surface area contributed by atoms with E-state index in [1.54, 1.807) is 12.1 Å². The van der Waals surface area contributed by atoms with Crippen LogP contribution in [0.2, 0.25) is 5.02 Å². The smallest absolute Gasteiger partial charge is 0.320 e. The van der Waals surface area contributed by atoms with Gasteiger partial charge < -0.3 is 5.11 Å². The molecule has 0 radical (unpaired) electrons. The van der Waals surface area contributed by atoms with Crippen molar-refractivity contribution < 1.29 is 9.90 Å². The van der Waals surface area contributed by atoms with Crippen molar-refractivity contribution in [2.24, 2.45) is 0 Å². The second kappa shape index (κ2) is 3.48. The van der Waals surface area contributed by atoms with Crippen LogP contribution in [0.1, 0.15) is 12.8 Å². The van der Waals surface area contributed by atoms with E-state index in [-0.39, 0.29) is 0 Å². The molecule has 1 saturated carbocycles. The Morgan fingerprint density at radius 1 is 1.36 bits per heavy atom. The minimum Gasteiger partial charge on any atom is -0.480 e. The summed E-state index contributed by atoms with van der Waals surface area (Å²) in [6.45, 7) is 0. The maximum Gasteiger partial charge on any atom is 0.320 e. The molecule has 0 atom stereocenters. The molecule has 1 aromatic carbocycles. The van der Waals surface area contributed by atoms with E-state index in [0.717, 1.165) is 17.7 Å². The van der Waals surface area contributed by atoms with E-state index in [4.69, 9.17) is 16.7 Å². The zero-order valence-corrected chi connectivity index (χ0v) is 8.94. The summed E-state index contributed by atoms with van der Waals surface area (Å²) in [4.78, 5) is 11.9. The molecular weight excluding hydrogens is 220 g/mol. The Morgan fingerprint density at radius 2 is 1.93 bits per heavy atom. The molecule has 0 amide bonds. The average molecular weight is 229 g/mol. The van der Waals surface area contributed by atoms with Crippen LogP contribution in [-0.2, 0) is 4.79 Å². The third-order valence-electron chi connectivity index (χ3n) is 2.22. The van der Waals surface area contributed by atoms with Crippen LogP contribution in [0.5, 0.6) is 0 Å². The van der Waals surface area contributed by atoms with E-state index in [2.05, 4.69) is 0 Å². The third-order valence-corrected chi connectivity index (χ3v) is 3.95. The number of benzene rings is 1. The molecule has 0 aromatic heterocycles. The normalized spacial score (nSPS) is 17.8. The lowest BCUT2D eigenvalue weighted by Crippen LogP contribution is -2.16. The Labute approximate surface area is 91.3 Å². The van der Waals surface area contributed by atoms with Crippen LogP contribution < -0.4 is 0 Å². The first-order valence-electron chi connectivity index (χ1n) is 4.30. The first kappa shape index (κ1) is 9.87. The molecule has 1 N–H and O–H groups in total. The quantitative estimate of drug-likeness (QED) is 0.864. The van der Waals surface area contributed by atoms with E-state index >= 15 is 0 Å². The lowest BCUT2D eigenvalue weighted by Gasteiger charge is -2.08. The van der Waals surface area contributed by atoms with Gasteiger partial charge in [-0.15, -0.1) is 11.8 Å². The number of hydrogen-bond donors (Lipinski definition) is 1. The lowest BCUT2D eigenvalue weighted by atomic mass is 10.4. The number of carboxylic acid groups (broad SMARTS) is 1. The van der Waals surface area contributed by atoms with Gasteiger partial charge in [0, 0.05) is 9.92 Å². The molecule has 1 fully saturated rings. The summed E-state index contributed by atoms with van der Waals surface area (Å²) < 4.78 is -0.562. The van der Waals surface area contributed by atoms with E-state index in [1.807, 2.05) is 12.1 Å². The van der Waals surface area contributed by atoms with Gasteiger partial charge in [-0.3, -0.25) is 4.79 Å². The van der Waals surface area contributed by atoms with Crippen LogP contribution in [0.4, 0.5) is 0 Å². The third kappa shape index (κ3) is 1.88. The highest BCUT2D eigenvalue weighted by Crippen LogP contribution is 2.51. The Hall–Kier alpha value is -0.670. The van der Waals surface area contributed by atoms with E-state index in [1.165, 1.54) is 11.8 Å². The van der Waals surface area contributed by atoms with Gasteiger partial charge in [0.05, 0.1) is 0 Å². The van der Waals surface area contributed by atoms with Crippen molar-refractivity contribution in [3.05, 3.63) is 29.3 Å². The summed E-state index contributed by atoms with van der Waals surface area (Å²) >= 11 is 7.15. The van der Waals surface area contributed by atoms with Gasteiger partial charge in [0.25, 0.3) is 0 Å². The predicted molar refractivity (Wildman–Crippen MR) is 56.9 cm³/mol. The molecule has 2 nitrogen and oxygen atoms in total. The molecule has 1 aliphatic carbocycles. The minimum atomic E-state index is -0.711. The van der Waals surface area contributed by atoms with Gasteiger partial charge >= 0.3 is 5.97 Å². The fraction of sp³-hybridized carbons (Fsp3) is 0.300. The molecule has 0 aliphatic heterocycles. The summed E-state index contributed by atoms with van der Waals surface area (Å²) in [7, 11) is 0. The molecule has 0 spiro atoms. The van der Waals surface area contributed by atoms with Crippen LogP contribution in [-0.4, -0.2) is 15.8 Å². The first-order chi connectivity index (χ1) is 6.62. The van der Waals surface area contributed by atoms with Gasteiger partial charge in [0.2, 0.25) is 0 Å². The maximum absolute atomic E-state index is 10.9. The monoisotopic (exact) mass is 228 g/mol. The number of hydrogen-bond acceptors (Lipinski definition) is 2. The molecule has 0 saturated heterocycles. The van der Waals surface area contributed by atoms with Crippen molar-refractivity contribution in [1.82, 2.24) is 0 Å². The Morgan fingerprint density at radius 3 is 2.36 bits per heavy atom. The SMILES string of the molecule is O=C(O)C1(Sc2ccc(Cl)cc2)CC1. The standard InChI is InChI=1S/C10H9ClO2S/c11-7-1-3-8(4-2-7)14-10(5-6-10)9(12)13/h1-4H,5-6H2,(H,12,13). The first-order valence-corrected chi connectivity index (χ1v) is 5.50. The molecular formula is C10H9ClO2S. The number of halogens is 1. The van der Waals surface area contributed by atoms with Crippen molar-refractivity contribution in [2.45, 2.75) is 22.5 Å². The second-order valence-electron chi connectivity index (χ2n) is 3.36. The van der Waals surface area contributed by atoms with E-state index in [0.29, 0.717) is 5.02 Å². The van der Waals surface area contributed by atoms with Gasteiger partial charge in [0.15, 0.2) is 0 Å². The van der Waals surface area contributed by atoms with E-state index < -0.39 is 10.7 Å². The lowest BCUT2D eigenvalue weighted by molar-refractivity contribution is -0.137. The van der Waals surface area contributed by atoms with Gasteiger partial charge in [-0.2, -0.15) is 0 Å². The second-order valence-corrected chi connectivity index (χ2v) is 5.25. The molecule has 0 heterocycles. The number of rotatable bonds is 3. The summed E-state index contributed by atoms with van der Waals surface area (Å²) in [5, 5.41) is 9.65. The molecule has 0 bridgehead atoms. The highest BCUT2D eigenvalue weighted by molar-refractivity contribution is 8.01. The Balaban J connectivity index is 2.11. The average Bonchev–Trinajstić information content (AvgIpc) is 2.90. The Kier molecular flexibility index (Phi) is 2.45. The van der Waals surface area contributed by atoms with Gasteiger partial charge in [-0.05, 0) is 37.1 Å². The predicted octanol–water partition coefficient (Wildman–Crippen LogP) is 3.05. The number of carboxylic acids is 1. The molecule has 74 valence electrons. The van der Waals surface area contributed by atoms with Crippen molar-refractivity contribution in [2.75, 3.05) is 0 Å². The van der Waals surface area contributed by atoms with Gasteiger partial charge in [-0.25, -0.2) is 0 Å². The molecule has 2 rings (SSSR count). The summed E-state index contributed by atoms with van der Waals surface area (Å²) in [6.07, 6.45) is 1.52. The highest BCUT2D eigenvalue weighted by atomic mass is 35.5. The van der Waals surface area contributed by atoms with Gasteiger partial charge in [-0.1, -0.05) is 11.6 Å². The van der Waals surface area contributed by atoms with E-state index in [9.17, 15) is 4.79 Å². The van der Waals surface area contributed by atoms with Crippen molar-refractivity contribution in [1.29, 1.82) is 0 Å². The molecule has 1 aromatic rings. The van der Waals surface area contributed by atoms with Crippen LogP contribution in [0.3, 0.4) is 0 Å². The minimum absolute atomic E-state index is 0.562. The topological polar surface area (TPSA) is 37.3 Å². The number of thioether (sulfide) groups is 1. The van der Waals surface area contributed by atoms with Crippen molar-refractivity contribution in [3.63, 3.8) is 0 Å². The fourth-order valence-electron chi connectivity index (χ4n) is 1.20. The Bertz CT molecular complexity index is 357. The highest BCUT2D eigenvalue weighted by Gasteiger charge is 2.51. The van der Waals surface area contributed by atoms with Crippen molar-refractivity contribution in [3.8, 4) is 0 Å². The summed E-state index contributed by atoms with van der Waals surface area (Å²) in [5.74, 6) is -0.711. The van der Waals surface area contributed by atoms with Crippen LogP contribution in [0.25, 0.3) is 0 Å². The maximum atomic E-state index is 10.9. The number of aliphatic carboxylic acids is 1. The zero-order chi connectivity index (χ0) is 10.2.